The number of nitrogens with one attached hydrogen (secondary N) is 1. The number of piperidine rings is 1. The summed E-state index contributed by atoms with van der Waals surface area (Å²) in [5, 5.41) is 10.3. The van der Waals surface area contributed by atoms with Crippen LogP contribution in [-0.2, 0) is 13.1 Å². The fourth-order valence-electron chi connectivity index (χ4n) is 3.68. The first-order valence-corrected chi connectivity index (χ1v) is 9.10. The van der Waals surface area contributed by atoms with Gasteiger partial charge in [0.1, 0.15) is 0 Å². The number of hydrogen-bond acceptors (Lipinski definition) is 4. The van der Waals surface area contributed by atoms with Crippen molar-refractivity contribution in [2.45, 2.75) is 31.8 Å². The summed E-state index contributed by atoms with van der Waals surface area (Å²) in [6, 6.07) is 17.3. The summed E-state index contributed by atoms with van der Waals surface area (Å²) in [4.78, 5) is 2.27. The minimum absolute atomic E-state index is 0.546. The molecule has 0 aliphatic carbocycles. The Balaban J connectivity index is 1.39. The van der Waals surface area contributed by atoms with Gasteiger partial charge in [-0.05, 0) is 55.4 Å². The molecule has 1 aliphatic heterocycles. The number of rotatable bonds is 5. The van der Waals surface area contributed by atoms with Crippen LogP contribution in [0.3, 0.4) is 0 Å². The highest BCUT2D eigenvalue weighted by Gasteiger charge is 2.19. The molecule has 130 valence electrons. The van der Waals surface area contributed by atoms with Crippen molar-refractivity contribution >= 4 is 10.8 Å². The Bertz CT molecular complexity index is 836. The SMILES string of the molecule is CN(Cc1ccc2ccccc2c1)Cc1cc(C2CCNCC2)no1. The van der Waals surface area contributed by atoms with E-state index in [-0.39, 0.29) is 0 Å². The number of benzene rings is 2. The van der Waals surface area contributed by atoms with Crippen LogP contribution in [0, 0.1) is 0 Å². The highest BCUT2D eigenvalue weighted by molar-refractivity contribution is 5.82. The minimum Gasteiger partial charge on any atom is -0.360 e. The summed E-state index contributed by atoms with van der Waals surface area (Å²) in [6.45, 7) is 3.84. The lowest BCUT2D eigenvalue weighted by atomic mass is 9.94. The van der Waals surface area contributed by atoms with Crippen LogP contribution >= 0.6 is 0 Å². The maximum Gasteiger partial charge on any atom is 0.150 e. The molecule has 2 aromatic carbocycles. The van der Waals surface area contributed by atoms with E-state index in [1.165, 1.54) is 16.3 Å². The van der Waals surface area contributed by atoms with Crippen LogP contribution in [0.2, 0.25) is 0 Å². The van der Waals surface area contributed by atoms with Crippen LogP contribution in [-0.4, -0.2) is 30.2 Å². The first-order chi connectivity index (χ1) is 12.3. The van der Waals surface area contributed by atoms with Crippen molar-refractivity contribution in [2.24, 2.45) is 0 Å². The predicted molar refractivity (Wildman–Crippen MR) is 100 cm³/mol. The number of fused-ring (bicyclic) bond motifs is 1. The second kappa shape index (κ2) is 7.38. The van der Waals surface area contributed by atoms with E-state index in [0.717, 1.165) is 50.5 Å². The molecular formula is C21H25N3O. The maximum absolute atomic E-state index is 5.58. The van der Waals surface area contributed by atoms with Gasteiger partial charge >= 0.3 is 0 Å². The summed E-state index contributed by atoms with van der Waals surface area (Å²) < 4.78 is 5.58. The molecule has 1 fully saturated rings. The van der Waals surface area contributed by atoms with Crippen LogP contribution in [0.1, 0.15) is 35.8 Å². The molecule has 0 atom stereocenters. The quantitative estimate of drug-likeness (QED) is 0.767. The fraction of sp³-hybridized carbons (Fsp3) is 0.381. The lowest BCUT2D eigenvalue weighted by Gasteiger charge is -2.20. The van der Waals surface area contributed by atoms with Gasteiger partial charge in [0.25, 0.3) is 0 Å². The third kappa shape index (κ3) is 3.91. The molecule has 25 heavy (non-hydrogen) atoms. The smallest absolute Gasteiger partial charge is 0.150 e. The van der Waals surface area contributed by atoms with Crippen LogP contribution in [0.4, 0.5) is 0 Å². The molecular weight excluding hydrogens is 310 g/mol. The van der Waals surface area contributed by atoms with E-state index in [9.17, 15) is 0 Å². The molecule has 4 heteroatoms. The third-order valence-corrected chi connectivity index (χ3v) is 5.03. The molecule has 1 saturated heterocycles. The first-order valence-electron chi connectivity index (χ1n) is 9.10. The summed E-state index contributed by atoms with van der Waals surface area (Å²) >= 11 is 0. The molecule has 1 aliphatic rings. The Kier molecular flexibility index (Phi) is 4.81. The summed E-state index contributed by atoms with van der Waals surface area (Å²) in [6.07, 6.45) is 2.30. The van der Waals surface area contributed by atoms with Gasteiger partial charge < -0.3 is 9.84 Å². The van der Waals surface area contributed by atoms with Crippen molar-refractivity contribution in [3.63, 3.8) is 0 Å². The average Bonchev–Trinajstić information content (AvgIpc) is 3.10. The van der Waals surface area contributed by atoms with Crippen LogP contribution < -0.4 is 5.32 Å². The largest absolute Gasteiger partial charge is 0.360 e. The standard InChI is InChI=1S/C21H25N3O/c1-24(14-16-6-7-17-4-2-3-5-19(17)12-16)15-20-13-21(23-25-20)18-8-10-22-11-9-18/h2-7,12-13,18,22H,8-11,14-15H2,1H3. The summed E-state index contributed by atoms with van der Waals surface area (Å²) in [7, 11) is 2.13. The number of hydrogen-bond donors (Lipinski definition) is 1. The van der Waals surface area contributed by atoms with E-state index in [2.05, 4.69) is 71.0 Å². The van der Waals surface area contributed by atoms with Gasteiger partial charge in [-0.3, -0.25) is 4.90 Å². The van der Waals surface area contributed by atoms with E-state index in [0.29, 0.717) is 5.92 Å². The van der Waals surface area contributed by atoms with Crippen molar-refractivity contribution in [2.75, 3.05) is 20.1 Å². The van der Waals surface area contributed by atoms with Crippen molar-refractivity contribution in [1.29, 1.82) is 0 Å². The zero-order chi connectivity index (χ0) is 17.1. The Morgan fingerprint density at radius 1 is 1.04 bits per heavy atom. The van der Waals surface area contributed by atoms with E-state index in [1.54, 1.807) is 0 Å². The minimum atomic E-state index is 0.546. The Labute approximate surface area is 148 Å². The molecule has 3 aromatic rings. The van der Waals surface area contributed by atoms with Crippen molar-refractivity contribution in [3.8, 4) is 0 Å². The molecule has 0 radical (unpaired) electrons. The summed E-state index contributed by atoms with van der Waals surface area (Å²) in [5.74, 6) is 1.50. The monoisotopic (exact) mass is 335 g/mol. The van der Waals surface area contributed by atoms with Gasteiger partial charge in [0, 0.05) is 18.5 Å². The first kappa shape index (κ1) is 16.3. The lowest BCUT2D eigenvalue weighted by molar-refractivity contribution is 0.264. The molecule has 0 bridgehead atoms. The number of aromatic nitrogens is 1. The maximum atomic E-state index is 5.58. The van der Waals surface area contributed by atoms with Crippen molar-refractivity contribution in [1.82, 2.24) is 15.4 Å². The van der Waals surface area contributed by atoms with Gasteiger partial charge in [-0.1, -0.05) is 41.6 Å². The van der Waals surface area contributed by atoms with E-state index in [4.69, 9.17) is 4.52 Å². The second-order valence-corrected chi connectivity index (χ2v) is 7.10. The van der Waals surface area contributed by atoms with E-state index < -0.39 is 0 Å². The molecule has 1 aromatic heterocycles. The predicted octanol–water partition coefficient (Wildman–Crippen LogP) is 3.93. The highest BCUT2D eigenvalue weighted by Crippen LogP contribution is 2.25. The van der Waals surface area contributed by atoms with E-state index >= 15 is 0 Å². The van der Waals surface area contributed by atoms with Gasteiger partial charge in [0.05, 0.1) is 12.2 Å². The van der Waals surface area contributed by atoms with Gasteiger partial charge in [-0.25, -0.2) is 0 Å². The fourth-order valence-corrected chi connectivity index (χ4v) is 3.68. The highest BCUT2D eigenvalue weighted by atomic mass is 16.5. The molecule has 0 amide bonds. The molecule has 0 spiro atoms. The Morgan fingerprint density at radius 3 is 2.68 bits per heavy atom. The lowest BCUT2D eigenvalue weighted by Crippen LogP contribution is -2.26. The van der Waals surface area contributed by atoms with E-state index in [1.807, 2.05) is 0 Å². The zero-order valence-electron chi connectivity index (χ0n) is 14.7. The van der Waals surface area contributed by atoms with Crippen LogP contribution in [0.5, 0.6) is 0 Å². The molecule has 1 N–H and O–H groups in total. The Hall–Kier alpha value is -2.17. The average molecular weight is 335 g/mol. The molecule has 0 unspecified atom stereocenters. The topological polar surface area (TPSA) is 41.3 Å². The summed E-state index contributed by atoms with van der Waals surface area (Å²) in [5.41, 5.74) is 2.44. The molecule has 2 heterocycles. The molecule has 0 saturated carbocycles. The van der Waals surface area contributed by atoms with Gasteiger partial charge in [-0.15, -0.1) is 0 Å². The van der Waals surface area contributed by atoms with Crippen molar-refractivity contribution < 1.29 is 4.52 Å². The van der Waals surface area contributed by atoms with Gasteiger partial charge in [-0.2, -0.15) is 0 Å². The van der Waals surface area contributed by atoms with Crippen LogP contribution in [0.15, 0.2) is 53.1 Å². The molecule has 4 nitrogen and oxygen atoms in total. The Morgan fingerprint density at radius 2 is 1.84 bits per heavy atom. The molecule has 4 rings (SSSR count). The second-order valence-electron chi connectivity index (χ2n) is 7.10. The number of nitrogens with zero attached hydrogens (tertiary/aromatic N) is 2. The van der Waals surface area contributed by atoms with Crippen molar-refractivity contribution in [3.05, 3.63) is 65.5 Å². The van der Waals surface area contributed by atoms with Crippen LogP contribution in [0.25, 0.3) is 10.8 Å². The van der Waals surface area contributed by atoms with Gasteiger partial charge in [0.2, 0.25) is 0 Å². The third-order valence-electron chi connectivity index (χ3n) is 5.03. The van der Waals surface area contributed by atoms with Gasteiger partial charge in [0.15, 0.2) is 5.76 Å². The normalized spacial score (nSPS) is 15.9. The zero-order valence-corrected chi connectivity index (χ0v) is 14.7.